The Hall–Kier alpha value is -3.08. The molecule has 0 atom stereocenters. The number of nitrogens with one attached hydrogen (secondary N) is 1. The van der Waals surface area contributed by atoms with Crippen LogP contribution in [-0.4, -0.2) is 18.5 Å². The second kappa shape index (κ2) is 5.73. The number of primary amides is 1. The summed E-state index contributed by atoms with van der Waals surface area (Å²) in [6.45, 7) is -0.201. The molecule has 2 aromatic rings. The first kappa shape index (κ1) is 13.9. The Morgan fingerprint density at radius 3 is 1.91 bits per heavy atom. The molecule has 5 heteroatoms. The smallest absolute Gasteiger partial charge is 0.326 e. The van der Waals surface area contributed by atoms with Crippen LogP contribution in [-0.2, 0) is 4.79 Å². The second-order valence-corrected chi connectivity index (χ2v) is 4.91. The van der Waals surface area contributed by atoms with E-state index in [-0.39, 0.29) is 12.6 Å². The largest absolute Gasteiger partial charge is 0.368 e. The molecular formula is C17H15N3O2. The fourth-order valence-corrected chi connectivity index (χ4v) is 2.43. The average Bonchev–Trinajstić information content (AvgIpc) is 2.69. The van der Waals surface area contributed by atoms with Crippen LogP contribution in [0.4, 0.5) is 16.2 Å². The third-order valence-corrected chi connectivity index (χ3v) is 3.41. The normalized spacial score (nSPS) is 12.1. The first-order chi connectivity index (χ1) is 10.7. The predicted octanol–water partition coefficient (Wildman–Crippen LogP) is 2.50. The minimum atomic E-state index is -0.581. The zero-order chi connectivity index (χ0) is 15.5. The molecule has 0 unspecified atom stereocenters. The van der Waals surface area contributed by atoms with Gasteiger partial charge in [-0.05, 0) is 23.3 Å². The first-order valence-corrected chi connectivity index (χ1v) is 6.89. The number of para-hydroxylation sites is 2. The Labute approximate surface area is 128 Å². The van der Waals surface area contributed by atoms with Gasteiger partial charge in [-0.25, -0.2) is 4.79 Å². The van der Waals surface area contributed by atoms with Gasteiger partial charge in [0, 0.05) is 0 Å². The number of amides is 3. The van der Waals surface area contributed by atoms with Crippen molar-refractivity contribution in [2.24, 2.45) is 5.73 Å². The number of nitrogens with two attached hydrogens (primary N) is 1. The maximum atomic E-state index is 12.6. The monoisotopic (exact) mass is 293 g/mol. The molecule has 0 aliphatic carbocycles. The summed E-state index contributed by atoms with van der Waals surface area (Å²) >= 11 is 0. The van der Waals surface area contributed by atoms with Gasteiger partial charge in [0.25, 0.3) is 0 Å². The molecular weight excluding hydrogens is 278 g/mol. The highest BCUT2D eigenvalue weighted by Crippen LogP contribution is 2.35. The van der Waals surface area contributed by atoms with Crippen molar-refractivity contribution in [2.75, 3.05) is 11.4 Å². The van der Waals surface area contributed by atoms with E-state index < -0.39 is 5.91 Å². The van der Waals surface area contributed by atoms with Crippen LogP contribution in [0.25, 0.3) is 12.2 Å². The first-order valence-electron chi connectivity index (χ1n) is 6.89. The van der Waals surface area contributed by atoms with Crippen LogP contribution in [0.3, 0.4) is 0 Å². The minimum absolute atomic E-state index is 0.201. The molecule has 0 fully saturated rings. The van der Waals surface area contributed by atoms with Crippen LogP contribution >= 0.6 is 0 Å². The van der Waals surface area contributed by atoms with Gasteiger partial charge in [0.15, 0.2) is 0 Å². The molecule has 0 aromatic heterocycles. The number of nitrogens with zero attached hydrogens (tertiary/aromatic N) is 1. The molecule has 1 aliphatic rings. The van der Waals surface area contributed by atoms with E-state index in [1.807, 2.05) is 60.7 Å². The van der Waals surface area contributed by atoms with Crippen molar-refractivity contribution in [3.8, 4) is 0 Å². The van der Waals surface area contributed by atoms with Gasteiger partial charge in [-0.1, -0.05) is 48.6 Å². The van der Waals surface area contributed by atoms with E-state index in [1.165, 1.54) is 0 Å². The van der Waals surface area contributed by atoms with Crippen LogP contribution in [0.5, 0.6) is 0 Å². The average molecular weight is 293 g/mol. The second-order valence-electron chi connectivity index (χ2n) is 4.91. The molecule has 0 spiro atoms. The van der Waals surface area contributed by atoms with Crippen molar-refractivity contribution >= 4 is 35.5 Å². The molecule has 0 saturated carbocycles. The number of rotatable bonds is 2. The summed E-state index contributed by atoms with van der Waals surface area (Å²) in [5.41, 5.74) is 8.46. The molecule has 0 radical (unpaired) electrons. The van der Waals surface area contributed by atoms with Crippen molar-refractivity contribution in [2.45, 2.75) is 0 Å². The van der Waals surface area contributed by atoms with Gasteiger partial charge in [-0.3, -0.25) is 9.69 Å². The van der Waals surface area contributed by atoms with Crippen LogP contribution < -0.4 is 16.0 Å². The molecule has 22 heavy (non-hydrogen) atoms. The number of anilines is 2. The van der Waals surface area contributed by atoms with Crippen molar-refractivity contribution in [1.29, 1.82) is 0 Å². The fraction of sp³-hybridized carbons (Fsp3) is 0.0588. The number of hydrogen-bond acceptors (Lipinski definition) is 2. The molecule has 0 saturated heterocycles. The summed E-state index contributed by atoms with van der Waals surface area (Å²) in [5.74, 6) is -0.581. The Morgan fingerprint density at radius 1 is 0.909 bits per heavy atom. The summed E-state index contributed by atoms with van der Waals surface area (Å²) < 4.78 is 0. The molecule has 0 bridgehead atoms. The summed E-state index contributed by atoms with van der Waals surface area (Å²) in [6, 6.07) is 14.8. The fourth-order valence-electron chi connectivity index (χ4n) is 2.43. The molecule has 3 amide bonds. The summed E-state index contributed by atoms with van der Waals surface area (Å²) in [5, 5.41) is 2.55. The van der Waals surface area contributed by atoms with Crippen molar-refractivity contribution in [3.05, 3.63) is 59.7 Å². The van der Waals surface area contributed by atoms with Crippen molar-refractivity contribution in [1.82, 2.24) is 5.32 Å². The molecule has 2 aromatic carbocycles. The van der Waals surface area contributed by atoms with Gasteiger partial charge in [-0.2, -0.15) is 0 Å². The van der Waals surface area contributed by atoms with Crippen molar-refractivity contribution in [3.63, 3.8) is 0 Å². The lowest BCUT2D eigenvalue weighted by Gasteiger charge is -2.24. The molecule has 1 aliphatic heterocycles. The van der Waals surface area contributed by atoms with Gasteiger partial charge in [0.05, 0.1) is 17.9 Å². The number of benzene rings is 2. The molecule has 3 N–H and O–H groups in total. The van der Waals surface area contributed by atoms with Crippen LogP contribution in [0, 0.1) is 0 Å². The van der Waals surface area contributed by atoms with Gasteiger partial charge in [-0.15, -0.1) is 0 Å². The molecule has 3 rings (SSSR count). The predicted molar refractivity (Wildman–Crippen MR) is 86.5 cm³/mol. The topological polar surface area (TPSA) is 75.4 Å². The molecule has 5 nitrogen and oxygen atoms in total. The Balaban J connectivity index is 2.09. The lowest BCUT2D eigenvalue weighted by molar-refractivity contribution is -0.117. The van der Waals surface area contributed by atoms with E-state index in [0.717, 1.165) is 22.5 Å². The lowest BCUT2D eigenvalue weighted by atomic mass is 10.1. The number of carbonyl (C=O) groups excluding carboxylic acids is 2. The van der Waals surface area contributed by atoms with Gasteiger partial charge in [0.1, 0.15) is 0 Å². The van der Waals surface area contributed by atoms with Crippen LogP contribution in [0.15, 0.2) is 48.5 Å². The van der Waals surface area contributed by atoms with Crippen LogP contribution in [0.1, 0.15) is 11.1 Å². The van der Waals surface area contributed by atoms with Gasteiger partial charge >= 0.3 is 6.03 Å². The SMILES string of the molecule is NC(=O)CNC(=O)N1c2ccccc2C=Cc2ccccc21. The zero-order valence-electron chi connectivity index (χ0n) is 11.8. The zero-order valence-corrected chi connectivity index (χ0v) is 11.8. The maximum absolute atomic E-state index is 12.6. The van der Waals surface area contributed by atoms with Crippen LogP contribution in [0.2, 0.25) is 0 Å². The summed E-state index contributed by atoms with van der Waals surface area (Å²) in [4.78, 5) is 25.0. The molecule has 110 valence electrons. The summed E-state index contributed by atoms with van der Waals surface area (Å²) in [7, 11) is 0. The molecule has 1 heterocycles. The Morgan fingerprint density at radius 2 is 1.41 bits per heavy atom. The number of hydrogen-bond donors (Lipinski definition) is 2. The lowest BCUT2D eigenvalue weighted by Crippen LogP contribution is -2.41. The van der Waals surface area contributed by atoms with Gasteiger partial charge < -0.3 is 11.1 Å². The van der Waals surface area contributed by atoms with E-state index in [0.29, 0.717) is 0 Å². The number of fused-ring (bicyclic) bond motifs is 2. The van der Waals surface area contributed by atoms with E-state index in [1.54, 1.807) is 4.90 Å². The van der Waals surface area contributed by atoms with Crippen molar-refractivity contribution < 1.29 is 9.59 Å². The standard InChI is InChI=1S/C17H15N3O2/c18-16(21)11-19-17(22)20-14-7-3-1-5-12(14)9-10-13-6-2-4-8-15(13)20/h1-10H,11H2,(H2,18,21)(H,19,22). The number of urea groups is 1. The van der Waals surface area contributed by atoms with E-state index in [9.17, 15) is 9.59 Å². The minimum Gasteiger partial charge on any atom is -0.368 e. The highest BCUT2D eigenvalue weighted by Gasteiger charge is 2.23. The third-order valence-electron chi connectivity index (χ3n) is 3.41. The quantitative estimate of drug-likeness (QED) is 0.892. The Kier molecular flexibility index (Phi) is 3.62. The Bertz CT molecular complexity index is 719. The van der Waals surface area contributed by atoms with E-state index in [2.05, 4.69) is 5.32 Å². The van der Waals surface area contributed by atoms with E-state index >= 15 is 0 Å². The highest BCUT2D eigenvalue weighted by molar-refractivity contribution is 6.06. The third kappa shape index (κ3) is 2.56. The number of carbonyl (C=O) groups is 2. The summed E-state index contributed by atoms with van der Waals surface area (Å²) in [6.07, 6.45) is 3.94. The maximum Gasteiger partial charge on any atom is 0.326 e. The van der Waals surface area contributed by atoms with Gasteiger partial charge in [0.2, 0.25) is 5.91 Å². The van der Waals surface area contributed by atoms with E-state index in [4.69, 9.17) is 5.73 Å². The highest BCUT2D eigenvalue weighted by atomic mass is 16.2.